The first-order valence-corrected chi connectivity index (χ1v) is 10.4. The van der Waals surface area contributed by atoms with Crippen molar-refractivity contribution in [3.8, 4) is 11.4 Å². The largest absolute Gasteiger partial charge is 0.338 e. The number of pyridine rings is 1. The van der Waals surface area contributed by atoms with Gasteiger partial charge in [-0.15, -0.1) is 0 Å². The molecule has 152 valence electrons. The Hall–Kier alpha value is -3.41. The summed E-state index contributed by atoms with van der Waals surface area (Å²) < 4.78 is 0. The summed E-state index contributed by atoms with van der Waals surface area (Å²) in [4.78, 5) is 25.1. The number of aromatic amines is 1. The molecule has 0 aliphatic carbocycles. The van der Waals surface area contributed by atoms with Crippen molar-refractivity contribution in [3.05, 3.63) is 88.0 Å². The van der Waals surface area contributed by atoms with Gasteiger partial charge in [0.25, 0.3) is 5.91 Å². The number of nitrogens with one attached hydrogen (secondary N) is 2. The van der Waals surface area contributed by atoms with E-state index in [4.69, 9.17) is 23.2 Å². The van der Waals surface area contributed by atoms with Crippen molar-refractivity contribution in [1.29, 1.82) is 0 Å². The van der Waals surface area contributed by atoms with Crippen LogP contribution < -0.4 is 5.32 Å². The molecule has 5 aromatic rings. The van der Waals surface area contributed by atoms with Gasteiger partial charge in [-0.1, -0.05) is 35.3 Å². The number of H-pyrrole nitrogens is 1. The Morgan fingerprint density at radius 3 is 2.48 bits per heavy atom. The van der Waals surface area contributed by atoms with E-state index in [-0.39, 0.29) is 5.91 Å². The molecule has 31 heavy (non-hydrogen) atoms. The van der Waals surface area contributed by atoms with Gasteiger partial charge in [-0.3, -0.25) is 9.78 Å². The van der Waals surface area contributed by atoms with Gasteiger partial charge in [-0.05, 0) is 61.5 Å². The van der Waals surface area contributed by atoms with Crippen LogP contribution in [0.2, 0.25) is 10.0 Å². The average molecular weight is 447 g/mol. The molecule has 0 unspecified atom stereocenters. The summed E-state index contributed by atoms with van der Waals surface area (Å²) in [7, 11) is 0. The highest BCUT2D eigenvalue weighted by atomic mass is 35.5. The molecule has 0 atom stereocenters. The average Bonchev–Trinajstić information content (AvgIpc) is 3.16. The maximum Gasteiger partial charge on any atom is 0.255 e. The third kappa shape index (κ3) is 3.74. The van der Waals surface area contributed by atoms with Crippen LogP contribution in [0, 0.1) is 6.92 Å². The minimum absolute atomic E-state index is 0.215. The number of imidazole rings is 1. The van der Waals surface area contributed by atoms with Crippen LogP contribution in [-0.2, 0) is 0 Å². The molecular formula is C24H16Cl2N4O. The van der Waals surface area contributed by atoms with Crippen molar-refractivity contribution in [3.63, 3.8) is 0 Å². The minimum Gasteiger partial charge on any atom is -0.338 e. The lowest BCUT2D eigenvalue weighted by atomic mass is 10.1. The highest BCUT2D eigenvalue weighted by Crippen LogP contribution is 2.34. The van der Waals surface area contributed by atoms with Crippen molar-refractivity contribution in [2.75, 3.05) is 5.32 Å². The summed E-state index contributed by atoms with van der Waals surface area (Å²) in [6, 6.07) is 20.2. The van der Waals surface area contributed by atoms with Crippen LogP contribution in [0.5, 0.6) is 0 Å². The molecule has 2 N–H and O–H groups in total. The summed E-state index contributed by atoms with van der Waals surface area (Å²) in [5.74, 6) is 0.341. The Bertz CT molecular complexity index is 1460. The van der Waals surface area contributed by atoms with Crippen molar-refractivity contribution in [2.24, 2.45) is 0 Å². The van der Waals surface area contributed by atoms with E-state index in [1.165, 1.54) is 0 Å². The molecule has 0 fully saturated rings. The Morgan fingerprint density at radius 2 is 1.68 bits per heavy atom. The third-order valence-corrected chi connectivity index (χ3v) is 5.66. The number of benzene rings is 3. The van der Waals surface area contributed by atoms with Gasteiger partial charge in [0.2, 0.25) is 0 Å². The Balaban J connectivity index is 1.45. The summed E-state index contributed by atoms with van der Waals surface area (Å²) in [5, 5.41) is 4.92. The number of carbonyl (C=O) groups excluding carboxylic acids is 1. The summed E-state index contributed by atoms with van der Waals surface area (Å²) in [5.41, 5.74) is 5.13. The van der Waals surface area contributed by atoms with Gasteiger partial charge < -0.3 is 10.3 Å². The molecule has 5 rings (SSSR count). The van der Waals surface area contributed by atoms with Crippen molar-refractivity contribution < 1.29 is 4.79 Å². The minimum atomic E-state index is -0.215. The van der Waals surface area contributed by atoms with Gasteiger partial charge in [0, 0.05) is 22.3 Å². The molecule has 1 amide bonds. The number of halogens is 2. The molecule has 7 heteroatoms. The van der Waals surface area contributed by atoms with Crippen LogP contribution in [0.25, 0.3) is 33.3 Å². The molecule has 0 spiro atoms. The fourth-order valence-corrected chi connectivity index (χ4v) is 4.08. The van der Waals surface area contributed by atoms with Crippen LogP contribution in [0.15, 0.2) is 66.7 Å². The summed E-state index contributed by atoms with van der Waals surface area (Å²) in [6.07, 6.45) is 0. The van der Waals surface area contributed by atoms with Crippen LogP contribution in [-0.4, -0.2) is 20.9 Å². The first-order chi connectivity index (χ1) is 15.0. The molecule has 2 heterocycles. The monoisotopic (exact) mass is 446 g/mol. The molecular weight excluding hydrogens is 431 g/mol. The topological polar surface area (TPSA) is 70.7 Å². The summed E-state index contributed by atoms with van der Waals surface area (Å²) in [6.45, 7) is 1.95. The zero-order chi connectivity index (χ0) is 21.5. The predicted molar refractivity (Wildman–Crippen MR) is 126 cm³/mol. The Labute approximate surface area is 188 Å². The number of hydrogen-bond acceptors (Lipinski definition) is 3. The number of nitrogens with zero attached hydrogens (tertiary/aromatic N) is 2. The van der Waals surface area contributed by atoms with E-state index in [0.717, 1.165) is 27.6 Å². The number of rotatable bonds is 3. The highest BCUT2D eigenvalue weighted by molar-refractivity contribution is 6.39. The lowest BCUT2D eigenvalue weighted by Gasteiger charge is -2.07. The molecule has 0 bridgehead atoms. The van der Waals surface area contributed by atoms with E-state index >= 15 is 0 Å². The second-order valence-corrected chi connectivity index (χ2v) is 8.04. The first kappa shape index (κ1) is 19.5. The van der Waals surface area contributed by atoms with Gasteiger partial charge >= 0.3 is 0 Å². The van der Waals surface area contributed by atoms with E-state index in [0.29, 0.717) is 32.7 Å². The molecule has 5 nitrogen and oxygen atoms in total. The number of aromatic nitrogens is 3. The van der Waals surface area contributed by atoms with Crippen LogP contribution >= 0.6 is 23.2 Å². The first-order valence-electron chi connectivity index (χ1n) is 9.61. The number of anilines is 1. The van der Waals surface area contributed by atoms with Gasteiger partial charge in [-0.2, -0.15) is 0 Å². The van der Waals surface area contributed by atoms with Crippen molar-refractivity contribution in [2.45, 2.75) is 6.92 Å². The van der Waals surface area contributed by atoms with E-state index in [9.17, 15) is 4.79 Å². The maximum atomic E-state index is 12.8. The number of carbonyl (C=O) groups is 1. The van der Waals surface area contributed by atoms with E-state index in [1.54, 1.807) is 36.4 Å². The zero-order valence-corrected chi connectivity index (χ0v) is 17.9. The quantitative estimate of drug-likeness (QED) is 0.326. The fraction of sp³-hybridized carbons (Fsp3) is 0.0417. The van der Waals surface area contributed by atoms with Crippen molar-refractivity contribution in [1.82, 2.24) is 15.0 Å². The number of hydrogen-bond donors (Lipinski definition) is 2. The van der Waals surface area contributed by atoms with Crippen LogP contribution in [0.1, 0.15) is 16.1 Å². The van der Waals surface area contributed by atoms with Gasteiger partial charge in [0.05, 0.1) is 32.2 Å². The maximum absolute atomic E-state index is 12.8. The number of amides is 1. The van der Waals surface area contributed by atoms with E-state index in [1.807, 2.05) is 37.3 Å². The normalized spacial score (nSPS) is 11.2. The second kappa shape index (κ2) is 7.69. The Morgan fingerprint density at radius 1 is 0.903 bits per heavy atom. The Kier molecular flexibility index (Phi) is 4.85. The molecule has 0 aliphatic rings. The van der Waals surface area contributed by atoms with Crippen molar-refractivity contribution >= 4 is 56.7 Å². The van der Waals surface area contributed by atoms with Gasteiger partial charge in [0.1, 0.15) is 5.82 Å². The van der Waals surface area contributed by atoms with Gasteiger partial charge in [0.15, 0.2) is 0 Å². The van der Waals surface area contributed by atoms with Gasteiger partial charge in [-0.25, -0.2) is 4.98 Å². The molecule has 0 radical (unpaired) electrons. The smallest absolute Gasteiger partial charge is 0.255 e. The lowest BCUT2D eigenvalue weighted by Crippen LogP contribution is -2.11. The SMILES string of the molecule is Cc1ccc2cc(NC(=O)c3ccc4nc(-c5c(Cl)cccc5Cl)[nH]c4c3)ccc2n1. The highest BCUT2D eigenvalue weighted by Gasteiger charge is 2.14. The zero-order valence-electron chi connectivity index (χ0n) is 16.4. The molecule has 0 saturated carbocycles. The summed E-state index contributed by atoms with van der Waals surface area (Å²) >= 11 is 12.6. The molecule has 3 aromatic carbocycles. The van der Waals surface area contributed by atoms with Crippen LogP contribution in [0.3, 0.4) is 0 Å². The third-order valence-electron chi connectivity index (χ3n) is 5.03. The fourth-order valence-electron chi connectivity index (χ4n) is 3.50. The molecule has 0 aliphatic heterocycles. The van der Waals surface area contributed by atoms with Crippen LogP contribution in [0.4, 0.5) is 5.69 Å². The predicted octanol–water partition coefficient (Wildman–Crippen LogP) is 6.65. The molecule has 2 aromatic heterocycles. The lowest BCUT2D eigenvalue weighted by molar-refractivity contribution is 0.102. The van der Waals surface area contributed by atoms with E-state index in [2.05, 4.69) is 20.3 Å². The standard InChI is InChI=1S/C24H16Cl2N4O/c1-13-5-6-14-11-16(8-10-19(14)27-13)28-24(31)15-7-9-20-21(12-15)30-23(29-20)22-17(25)3-2-4-18(22)26/h2-12H,1H3,(H,28,31)(H,29,30). The molecule has 0 saturated heterocycles. The second-order valence-electron chi connectivity index (χ2n) is 7.23. The van der Waals surface area contributed by atoms with E-state index < -0.39 is 0 Å². The number of aryl methyl sites for hydroxylation is 1. The number of fused-ring (bicyclic) bond motifs is 2.